The highest BCUT2D eigenvalue weighted by Crippen LogP contribution is 2.14. The molecule has 0 atom stereocenters. The summed E-state index contributed by atoms with van der Waals surface area (Å²) < 4.78 is 0. The van der Waals surface area contributed by atoms with Gasteiger partial charge in [0.1, 0.15) is 0 Å². The van der Waals surface area contributed by atoms with Gasteiger partial charge >= 0.3 is 7.12 Å². The quantitative estimate of drug-likeness (QED) is 0.707. The fourth-order valence-electron chi connectivity index (χ4n) is 1.91. The molecular formula is C14H16BNO2. The van der Waals surface area contributed by atoms with E-state index < -0.39 is 7.12 Å². The molecule has 0 saturated carbocycles. The van der Waals surface area contributed by atoms with Crippen LogP contribution < -0.4 is 10.8 Å². The first-order valence-electron chi connectivity index (χ1n) is 5.92. The fraction of sp³-hybridized carbons (Fsp3) is 0.143. The molecule has 0 aliphatic heterocycles. The molecule has 0 unspecified atom stereocenters. The molecule has 2 rings (SSSR count). The number of hydrogen-bond acceptors (Lipinski definition) is 3. The van der Waals surface area contributed by atoms with Gasteiger partial charge in [0.15, 0.2) is 0 Å². The Morgan fingerprint density at radius 2 is 1.67 bits per heavy atom. The van der Waals surface area contributed by atoms with Gasteiger partial charge in [-0.3, -0.25) is 0 Å². The summed E-state index contributed by atoms with van der Waals surface area (Å²) in [6.07, 6.45) is 0. The molecule has 0 bridgehead atoms. The maximum Gasteiger partial charge on any atom is 0.488 e. The third-order valence-corrected chi connectivity index (χ3v) is 2.95. The zero-order valence-electron chi connectivity index (χ0n) is 10.3. The lowest BCUT2D eigenvalue weighted by molar-refractivity contribution is 0.425. The highest BCUT2D eigenvalue weighted by molar-refractivity contribution is 6.59. The van der Waals surface area contributed by atoms with Gasteiger partial charge in [-0.05, 0) is 29.6 Å². The summed E-state index contributed by atoms with van der Waals surface area (Å²) in [6, 6.07) is 15.3. The Labute approximate surface area is 107 Å². The largest absolute Gasteiger partial charge is 0.488 e. The molecule has 0 aliphatic rings. The summed E-state index contributed by atoms with van der Waals surface area (Å²) in [7, 11) is -1.43. The summed E-state index contributed by atoms with van der Waals surface area (Å²) in [5.41, 5.74) is 3.65. The number of hydrogen-bond donors (Lipinski definition) is 3. The Kier molecular flexibility index (Phi) is 4.02. The van der Waals surface area contributed by atoms with Crippen molar-refractivity contribution in [2.24, 2.45) is 0 Å². The van der Waals surface area contributed by atoms with Crippen molar-refractivity contribution in [3.63, 3.8) is 0 Å². The summed E-state index contributed by atoms with van der Waals surface area (Å²) in [4.78, 5) is 0. The zero-order valence-corrected chi connectivity index (χ0v) is 10.3. The SMILES string of the molecule is Cc1ccccc1NCc1ccccc1B(O)O. The van der Waals surface area contributed by atoms with Crippen LogP contribution in [0.2, 0.25) is 0 Å². The van der Waals surface area contributed by atoms with Crippen molar-refractivity contribution >= 4 is 18.3 Å². The van der Waals surface area contributed by atoms with E-state index in [1.165, 1.54) is 5.56 Å². The Bertz CT molecular complexity index is 529. The molecular weight excluding hydrogens is 225 g/mol. The van der Waals surface area contributed by atoms with Crippen LogP contribution in [0.3, 0.4) is 0 Å². The minimum absolute atomic E-state index is 0.540. The van der Waals surface area contributed by atoms with Crippen molar-refractivity contribution in [2.75, 3.05) is 5.32 Å². The van der Waals surface area contributed by atoms with Crippen molar-refractivity contribution in [1.29, 1.82) is 0 Å². The minimum Gasteiger partial charge on any atom is -0.423 e. The van der Waals surface area contributed by atoms with Crippen LogP contribution in [0.15, 0.2) is 48.5 Å². The lowest BCUT2D eigenvalue weighted by Crippen LogP contribution is -2.33. The summed E-state index contributed by atoms with van der Waals surface area (Å²) in [5.74, 6) is 0. The summed E-state index contributed by atoms with van der Waals surface area (Å²) in [5, 5.41) is 21.9. The van der Waals surface area contributed by atoms with Crippen LogP contribution in [-0.2, 0) is 6.54 Å². The first kappa shape index (κ1) is 12.7. The lowest BCUT2D eigenvalue weighted by Gasteiger charge is -2.12. The van der Waals surface area contributed by atoms with Gasteiger partial charge in [-0.1, -0.05) is 42.5 Å². The molecule has 0 heterocycles. The van der Waals surface area contributed by atoms with Gasteiger partial charge in [0, 0.05) is 12.2 Å². The number of anilines is 1. The summed E-state index contributed by atoms with van der Waals surface area (Å²) >= 11 is 0. The molecule has 3 N–H and O–H groups in total. The smallest absolute Gasteiger partial charge is 0.423 e. The molecule has 0 amide bonds. The Balaban J connectivity index is 2.14. The van der Waals surface area contributed by atoms with Gasteiger partial charge in [-0.2, -0.15) is 0 Å². The highest BCUT2D eigenvalue weighted by Gasteiger charge is 2.14. The van der Waals surface area contributed by atoms with Crippen LogP contribution in [0.5, 0.6) is 0 Å². The van der Waals surface area contributed by atoms with Crippen molar-refractivity contribution in [3.05, 3.63) is 59.7 Å². The van der Waals surface area contributed by atoms with Gasteiger partial charge in [0.25, 0.3) is 0 Å². The van der Waals surface area contributed by atoms with Crippen LogP contribution in [0.1, 0.15) is 11.1 Å². The maximum absolute atomic E-state index is 9.28. The van der Waals surface area contributed by atoms with Crippen molar-refractivity contribution in [3.8, 4) is 0 Å². The monoisotopic (exact) mass is 241 g/mol. The van der Waals surface area contributed by atoms with E-state index >= 15 is 0 Å². The molecule has 18 heavy (non-hydrogen) atoms. The van der Waals surface area contributed by atoms with Gasteiger partial charge in [-0.25, -0.2) is 0 Å². The van der Waals surface area contributed by atoms with E-state index in [2.05, 4.69) is 5.32 Å². The van der Waals surface area contributed by atoms with E-state index in [-0.39, 0.29) is 0 Å². The number of para-hydroxylation sites is 1. The van der Waals surface area contributed by atoms with Crippen LogP contribution in [0, 0.1) is 6.92 Å². The molecule has 0 saturated heterocycles. The fourth-order valence-corrected chi connectivity index (χ4v) is 1.91. The maximum atomic E-state index is 9.28. The van der Waals surface area contributed by atoms with Crippen LogP contribution in [-0.4, -0.2) is 17.2 Å². The molecule has 0 aliphatic carbocycles. The Hall–Kier alpha value is -1.78. The minimum atomic E-state index is -1.43. The predicted molar refractivity (Wildman–Crippen MR) is 74.8 cm³/mol. The Morgan fingerprint density at radius 3 is 2.39 bits per heavy atom. The van der Waals surface area contributed by atoms with Crippen molar-refractivity contribution in [1.82, 2.24) is 0 Å². The molecule has 92 valence electrons. The normalized spacial score (nSPS) is 10.2. The molecule has 2 aromatic rings. The second-order valence-corrected chi connectivity index (χ2v) is 4.24. The average molecular weight is 241 g/mol. The van der Waals surface area contributed by atoms with Crippen molar-refractivity contribution < 1.29 is 10.0 Å². The number of rotatable bonds is 4. The molecule has 3 nitrogen and oxygen atoms in total. The number of benzene rings is 2. The third-order valence-electron chi connectivity index (χ3n) is 2.95. The molecule has 0 radical (unpaired) electrons. The van der Waals surface area contributed by atoms with Crippen LogP contribution in [0.4, 0.5) is 5.69 Å². The van der Waals surface area contributed by atoms with E-state index in [0.29, 0.717) is 12.0 Å². The first-order chi connectivity index (χ1) is 8.68. The highest BCUT2D eigenvalue weighted by atomic mass is 16.4. The van der Waals surface area contributed by atoms with Gasteiger partial charge in [0.2, 0.25) is 0 Å². The second-order valence-electron chi connectivity index (χ2n) is 4.24. The van der Waals surface area contributed by atoms with Crippen molar-refractivity contribution in [2.45, 2.75) is 13.5 Å². The van der Waals surface area contributed by atoms with E-state index in [0.717, 1.165) is 11.3 Å². The molecule has 0 aromatic heterocycles. The second kappa shape index (κ2) is 5.71. The van der Waals surface area contributed by atoms with E-state index in [4.69, 9.17) is 0 Å². The zero-order chi connectivity index (χ0) is 13.0. The molecule has 4 heteroatoms. The topological polar surface area (TPSA) is 52.5 Å². The van der Waals surface area contributed by atoms with Gasteiger partial charge in [0.05, 0.1) is 0 Å². The summed E-state index contributed by atoms with van der Waals surface area (Å²) in [6.45, 7) is 2.60. The number of aryl methyl sites for hydroxylation is 1. The van der Waals surface area contributed by atoms with E-state index in [9.17, 15) is 10.0 Å². The van der Waals surface area contributed by atoms with Crippen LogP contribution >= 0.6 is 0 Å². The molecule has 2 aromatic carbocycles. The standard InChI is InChI=1S/C14H16BNO2/c1-11-6-2-5-9-14(11)16-10-12-7-3-4-8-13(12)15(17)18/h2-9,16-18H,10H2,1H3. The third kappa shape index (κ3) is 2.91. The molecule has 0 spiro atoms. The number of nitrogens with one attached hydrogen (secondary N) is 1. The average Bonchev–Trinajstić information content (AvgIpc) is 2.38. The Morgan fingerprint density at radius 1 is 1.00 bits per heavy atom. The van der Waals surface area contributed by atoms with E-state index in [1.54, 1.807) is 12.1 Å². The lowest BCUT2D eigenvalue weighted by atomic mass is 9.77. The van der Waals surface area contributed by atoms with E-state index in [1.807, 2.05) is 43.3 Å². The predicted octanol–water partition coefficient (Wildman–Crippen LogP) is 1.29. The first-order valence-corrected chi connectivity index (χ1v) is 5.92. The van der Waals surface area contributed by atoms with Gasteiger partial charge in [-0.15, -0.1) is 0 Å². The molecule has 0 fully saturated rings. The van der Waals surface area contributed by atoms with Crippen LogP contribution in [0.25, 0.3) is 0 Å². The van der Waals surface area contributed by atoms with Gasteiger partial charge < -0.3 is 15.4 Å².